The largest absolute Gasteiger partial charge is 0.377 e. The van der Waals surface area contributed by atoms with Crippen LogP contribution in [0.1, 0.15) is 30.4 Å². The van der Waals surface area contributed by atoms with Crippen molar-refractivity contribution in [3.8, 4) is 0 Å². The lowest BCUT2D eigenvalue weighted by Crippen LogP contribution is -2.35. The second-order valence-electron chi connectivity index (χ2n) is 5.23. The van der Waals surface area contributed by atoms with E-state index in [2.05, 4.69) is 4.72 Å². The number of rotatable bonds is 5. The van der Waals surface area contributed by atoms with E-state index in [-0.39, 0.29) is 24.1 Å². The average molecular weight is 333 g/mol. The van der Waals surface area contributed by atoms with E-state index in [0.29, 0.717) is 17.2 Å². The van der Waals surface area contributed by atoms with Gasteiger partial charge in [-0.15, -0.1) is 0 Å². The summed E-state index contributed by atoms with van der Waals surface area (Å²) in [5.41, 5.74) is 7.00. The van der Waals surface area contributed by atoms with Crippen LogP contribution in [0.5, 0.6) is 0 Å². The molecule has 1 unspecified atom stereocenters. The molecule has 1 aliphatic rings. The molecule has 1 saturated heterocycles. The second kappa shape index (κ2) is 7.07. The van der Waals surface area contributed by atoms with Crippen molar-refractivity contribution in [1.29, 1.82) is 0 Å². The first-order chi connectivity index (χ1) is 9.94. The predicted molar refractivity (Wildman–Crippen MR) is 82.9 cm³/mol. The summed E-state index contributed by atoms with van der Waals surface area (Å²) in [6, 6.07) is 3.15. The van der Waals surface area contributed by atoms with Crippen LogP contribution in [-0.4, -0.2) is 27.7 Å². The van der Waals surface area contributed by atoms with Crippen LogP contribution in [0.15, 0.2) is 17.0 Å². The molecule has 1 atom stereocenters. The first-order valence-corrected chi connectivity index (χ1v) is 8.90. The molecule has 118 valence electrons. The number of halogens is 1. The van der Waals surface area contributed by atoms with Gasteiger partial charge in [0, 0.05) is 24.7 Å². The Labute approximate surface area is 130 Å². The standard InChI is InChI=1S/C14H21ClN2O3S/c1-10-11(8-16)6-12(15)7-14(10)21(18,19)17-9-13-4-2-3-5-20-13/h6-7,13,17H,2-5,8-9,16H2,1H3. The van der Waals surface area contributed by atoms with Crippen molar-refractivity contribution < 1.29 is 13.2 Å². The number of ether oxygens (including phenoxy) is 1. The number of hydrogen-bond acceptors (Lipinski definition) is 4. The summed E-state index contributed by atoms with van der Waals surface area (Å²) in [6.07, 6.45) is 2.93. The van der Waals surface area contributed by atoms with Gasteiger partial charge in [0.15, 0.2) is 0 Å². The van der Waals surface area contributed by atoms with Crippen molar-refractivity contribution in [2.75, 3.05) is 13.2 Å². The summed E-state index contributed by atoms with van der Waals surface area (Å²) < 4.78 is 33.0. The molecule has 7 heteroatoms. The van der Waals surface area contributed by atoms with Crippen molar-refractivity contribution in [1.82, 2.24) is 4.72 Å². The quantitative estimate of drug-likeness (QED) is 0.863. The molecule has 0 amide bonds. The SMILES string of the molecule is Cc1c(CN)cc(Cl)cc1S(=O)(=O)NCC1CCCCO1. The first-order valence-electron chi connectivity index (χ1n) is 7.04. The zero-order valence-electron chi connectivity index (χ0n) is 12.1. The van der Waals surface area contributed by atoms with Gasteiger partial charge in [-0.1, -0.05) is 11.6 Å². The number of sulfonamides is 1. The Balaban J connectivity index is 2.17. The van der Waals surface area contributed by atoms with Crippen LogP contribution in [0, 0.1) is 6.92 Å². The summed E-state index contributed by atoms with van der Waals surface area (Å²) in [5, 5.41) is 0.371. The average Bonchev–Trinajstić information content (AvgIpc) is 2.48. The van der Waals surface area contributed by atoms with Gasteiger partial charge >= 0.3 is 0 Å². The molecule has 1 fully saturated rings. The van der Waals surface area contributed by atoms with Crippen LogP contribution >= 0.6 is 11.6 Å². The molecular formula is C14H21ClN2O3S. The summed E-state index contributed by atoms with van der Waals surface area (Å²) in [4.78, 5) is 0.186. The van der Waals surface area contributed by atoms with Gasteiger partial charge in [0.1, 0.15) is 0 Å². The third kappa shape index (κ3) is 4.17. The molecule has 0 spiro atoms. The second-order valence-corrected chi connectivity index (χ2v) is 7.40. The summed E-state index contributed by atoms with van der Waals surface area (Å²) >= 11 is 5.98. The van der Waals surface area contributed by atoms with Crippen LogP contribution in [-0.2, 0) is 21.3 Å². The van der Waals surface area contributed by atoms with Gasteiger partial charge in [-0.2, -0.15) is 0 Å². The molecule has 0 bridgehead atoms. The normalized spacial score (nSPS) is 19.7. The highest BCUT2D eigenvalue weighted by atomic mass is 35.5. The third-order valence-electron chi connectivity index (χ3n) is 3.72. The molecule has 1 aromatic carbocycles. The fraction of sp³-hybridized carbons (Fsp3) is 0.571. The van der Waals surface area contributed by atoms with E-state index in [1.165, 1.54) is 6.07 Å². The zero-order valence-corrected chi connectivity index (χ0v) is 13.6. The monoisotopic (exact) mass is 332 g/mol. The van der Waals surface area contributed by atoms with E-state index in [0.717, 1.165) is 24.8 Å². The highest BCUT2D eigenvalue weighted by molar-refractivity contribution is 7.89. The van der Waals surface area contributed by atoms with Gasteiger partial charge in [-0.05, 0) is 49.4 Å². The minimum atomic E-state index is -3.62. The Kier molecular flexibility index (Phi) is 5.62. The third-order valence-corrected chi connectivity index (χ3v) is 5.48. The molecule has 21 heavy (non-hydrogen) atoms. The van der Waals surface area contributed by atoms with E-state index >= 15 is 0 Å². The van der Waals surface area contributed by atoms with E-state index in [1.807, 2.05) is 0 Å². The van der Waals surface area contributed by atoms with Gasteiger partial charge < -0.3 is 10.5 Å². The van der Waals surface area contributed by atoms with Gasteiger partial charge in [0.25, 0.3) is 0 Å². The number of nitrogens with one attached hydrogen (secondary N) is 1. The maximum absolute atomic E-state index is 12.4. The van der Waals surface area contributed by atoms with Gasteiger partial charge in [0.05, 0.1) is 11.0 Å². The Morgan fingerprint density at radius 3 is 2.81 bits per heavy atom. The van der Waals surface area contributed by atoms with Gasteiger partial charge in [0.2, 0.25) is 10.0 Å². The van der Waals surface area contributed by atoms with E-state index in [9.17, 15) is 8.42 Å². The summed E-state index contributed by atoms with van der Waals surface area (Å²) in [6.45, 7) is 2.97. The van der Waals surface area contributed by atoms with Crippen LogP contribution in [0.4, 0.5) is 0 Å². The Hall–Kier alpha value is -0.660. The van der Waals surface area contributed by atoms with Gasteiger partial charge in [-0.25, -0.2) is 13.1 Å². The molecular weight excluding hydrogens is 312 g/mol. The lowest BCUT2D eigenvalue weighted by Gasteiger charge is -2.23. The molecule has 0 radical (unpaired) electrons. The Bertz CT molecular complexity index is 598. The van der Waals surface area contributed by atoms with Crippen molar-refractivity contribution in [3.63, 3.8) is 0 Å². The zero-order chi connectivity index (χ0) is 15.5. The van der Waals surface area contributed by atoms with Crippen molar-refractivity contribution in [3.05, 3.63) is 28.3 Å². The summed E-state index contributed by atoms with van der Waals surface area (Å²) in [7, 11) is -3.62. The minimum absolute atomic E-state index is 0.0537. The molecule has 3 N–H and O–H groups in total. The molecule has 1 aromatic rings. The topological polar surface area (TPSA) is 81.4 Å². The number of hydrogen-bond donors (Lipinski definition) is 2. The molecule has 1 heterocycles. The van der Waals surface area contributed by atoms with Crippen molar-refractivity contribution >= 4 is 21.6 Å². The van der Waals surface area contributed by atoms with E-state index < -0.39 is 10.0 Å². The molecule has 0 aliphatic carbocycles. The van der Waals surface area contributed by atoms with Crippen LogP contribution in [0.3, 0.4) is 0 Å². The van der Waals surface area contributed by atoms with E-state index in [4.69, 9.17) is 22.1 Å². The lowest BCUT2D eigenvalue weighted by molar-refractivity contribution is 0.0200. The fourth-order valence-electron chi connectivity index (χ4n) is 2.45. The highest BCUT2D eigenvalue weighted by Crippen LogP contribution is 2.24. The fourth-order valence-corrected chi connectivity index (χ4v) is 4.13. The molecule has 0 saturated carbocycles. The Morgan fingerprint density at radius 2 is 2.19 bits per heavy atom. The van der Waals surface area contributed by atoms with Crippen molar-refractivity contribution in [2.45, 2.75) is 43.7 Å². The van der Waals surface area contributed by atoms with Crippen molar-refractivity contribution in [2.24, 2.45) is 5.73 Å². The predicted octanol–water partition coefficient (Wildman–Crippen LogP) is 1.95. The summed E-state index contributed by atoms with van der Waals surface area (Å²) in [5.74, 6) is 0. The smallest absolute Gasteiger partial charge is 0.240 e. The molecule has 2 rings (SSSR count). The van der Waals surface area contributed by atoms with E-state index in [1.54, 1.807) is 13.0 Å². The maximum Gasteiger partial charge on any atom is 0.240 e. The molecule has 0 aromatic heterocycles. The minimum Gasteiger partial charge on any atom is -0.377 e. The maximum atomic E-state index is 12.4. The number of benzene rings is 1. The van der Waals surface area contributed by atoms with Crippen LogP contribution < -0.4 is 10.5 Å². The first kappa shape index (κ1) is 16.7. The number of nitrogens with two attached hydrogens (primary N) is 1. The van der Waals surface area contributed by atoms with Crippen LogP contribution in [0.2, 0.25) is 5.02 Å². The van der Waals surface area contributed by atoms with Crippen LogP contribution in [0.25, 0.3) is 0 Å². The highest BCUT2D eigenvalue weighted by Gasteiger charge is 2.22. The molecule has 1 aliphatic heterocycles. The molecule has 5 nitrogen and oxygen atoms in total. The van der Waals surface area contributed by atoms with Gasteiger partial charge in [-0.3, -0.25) is 0 Å². The lowest BCUT2D eigenvalue weighted by atomic mass is 10.1. The Morgan fingerprint density at radius 1 is 1.43 bits per heavy atom.